The zero-order valence-corrected chi connectivity index (χ0v) is 20.2. The number of carbonyl (C=O) groups excluding carboxylic acids is 1. The van der Waals surface area contributed by atoms with Crippen LogP contribution in [0.15, 0.2) is 42.5 Å². The predicted octanol–water partition coefficient (Wildman–Crippen LogP) is 5.88. The zero-order valence-electron chi connectivity index (χ0n) is 19.4. The highest BCUT2D eigenvalue weighted by Crippen LogP contribution is 2.35. The molecule has 0 aliphatic carbocycles. The van der Waals surface area contributed by atoms with Gasteiger partial charge in [-0.1, -0.05) is 17.7 Å². The second-order valence-corrected chi connectivity index (χ2v) is 7.79. The molecule has 0 fully saturated rings. The molecule has 1 heterocycles. The fourth-order valence-electron chi connectivity index (χ4n) is 3.18. The van der Waals surface area contributed by atoms with Crippen LogP contribution in [-0.2, 0) is 24.1 Å². The first-order valence-electron chi connectivity index (χ1n) is 10.8. The average Bonchev–Trinajstić information content (AvgIpc) is 3.09. The largest absolute Gasteiger partial charge is 0.490 e. The first-order valence-corrected chi connectivity index (χ1v) is 11.2. The number of anilines is 1. The van der Waals surface area contributed by atoms with Gasteiger partial charge in [-0.15, -0.1) is 0 Å². The molecule has 35 heavy (non-hydrogen) atoms. The summed E-state index contributed by atoms with van der Waals surface area (Å²) in [6.45, 7) is 6.07. The van der Waals surface area contributed by atoms with Gasteiger partial charge in [-0.3, -0.25) is 9.48 Å². The third kappa shape index (κ3) is 6.82. The SMILES string of the molecule is CCOc1ccc(COc2ccc(NC(=O)Cn3nc(C(F)(F)F)c(Cl)c3C)cc2)cc1OCC. The monoisotopic (exact) mass is 511 g/mol. The van der Waals surface area contributed by atoms with Gasteiger partial charge >= 0.3 is 6.18 Å². The molecule has 7 nitrogen and oxygen atoms in total. The molecule has 2 aromatic carbocycles. The van der Waals surface area contributed by atoms with Crippen LogP contribution in [-0.4, -0.2) is 28.9 Å². The minimum Gasteiger partial charge on any atom is -0.490 e. The number of aromatic nitrogens is 2. The summed E-state index contributed by atoms with van der Waals surface area (Å²) in [6.07, 6.45) is -4.70. The van der Waals surface area contributed by atoms with E-state index in [-0.39, 0.29) is 5.69 Å². The lowest BCUT2D eigenvalue weighted by atomic mass is 10.2. The van der Waals surface area contributed by atoms with Crippen molar-refractivity contribution >= 4 is 23.2 Å². The lowest BCUT2D eigenvalue weighted by Gasteiger charge is -2.13. The Balaban J connectivity index is 1.58. The number of ether oxygens (including phenoxy) is 3. The minimum absolute atomic E-state index is 0.0553. The van der Waals surface area contributed by atoms with Crippen molar-refractivity contribution in [3.63, 3.8) is 0 Å². The van der Waals surface area contributed by atoms with Crippen LogP contribution in [0.4, 0.5) is 18.9 Å². The van der Waals surface area contributed by atoms with Crippen molar-refractivity contribution in [2.45, 2.75) is 40.1 Å². The average molecular weight is 512 g/mol. The number of carbonyl (C=O) groups is 1. The predicted molar refractivity (Wildman–Crippen MR) is 125 cm³/mol. The number of halogens is 4. The molecule has 0 atom stereocenters. The highest BCUT2D eigenvalue weighted by molar-refractivity contribution is 6.32. The van der Waals surface area contributed by atoms with Gasteiger partial charge in [0, 0.05) is 5.69 Å². The third-order valence-corrected chi connectivity index (χ3v) is 5.30. The highest BCUT2D eigenvalue weighted by Gasteiger charge is 2.38. The van der Waals surface area contributed by atoms with Crippen molar-refractivity contribution in [2.75, 3.05) is 18.5 Å². The second kappa shape index (κ2) is 11.4. The van der Waals surface area contributed by atoms with Crippen molar-refractivity contribution in [3.05, 3.63) is 64.4 Å². The van der Waals surface area contributed by atoms with E-state index in [1.807, 2.05) is 32.0 Å². The van der Waals surface area contributed by atoms with Crippen molar-refractivity contribution in [3.8, 4) is 17.2 Å². The Labute approximate surface area is 205 Å². The Hall–Kier alpha value is -3.40. The summed E-state index contributed by atoms with van der Waals surface area (Å²) in [7, 11) is 0. The summed E-state index contributed by atoms with van der Waals surface area (Å²) in [5.74, 6) is 1.33. The van der Waals surface area contributed by atoms with Crippen molar-refractivity contribution in [2.24, 2.45) is 0 Å². The number of amides is 1. The normalized spacial score (nSPS) is 11.3. The van der Waals surface area contributed by atoms with Gasteiger partial charge in [0.15, 0.2) is 17.2 Å². The van der Waals surface area contributed by atoms with Crippen LogP contribution in [0.3, 0.4) is 0 Å². The van der Waals surface area contributed by atoms with E-state index in [1.54, 1.807) is 24.3 Å². The van der Waals surface area contributed by atoms with E-state index in [9.17, 15) is 18.0 Å². The topological polar surface area (TPSA) is 74.6 Å². The van der Waals surface area contributed by atoms with Crippen LogP contribution in [0.1, 0.15) is 30.8 Å². The van der Waals surface area contributed by atoms with Crippen molar-refractivity contribution in [1.29, 1.82) is 0 Å². The Morgan fingerprint density at radius 2 is 1.69 bits per heavy atom. The van der Waals surface area contributed by atoms with Crippen LogP contribution >= 0.6 is 11.6 Å². The van der Waals surface area contributed by atoms with Gasteiger partial charge in [0.2, 0.25) is 5.91 Å². The molecule has 0 spiro atoms. The molecule has 0 saturated carbocycles. The lowest BCUT2D eigenvalue weighted by molar-refractivity contribution is -0.141. The van der Waals surface area contributed by atoms with Gasteiger partial charge in [-0.2, -0.15) is 18.3 Å². The van der Waals surface area contributed by atoms with Crippen LogP contribution in [0.5, 0.6) is 17.2 Å². The zero-order chi connectivity index (χ0) is 25.6. The van der Waals surface area contributed by atoms with Gasteiger partial charge < -0.3 is 19.5 Å². The Kier molecular flexibility index (Phi) is 8.50. The van der Waals surface area contributed by atoms with Crippen molar-refractivity contribution < 1.29 is 32.2 Å². The minimum atomic E-state index is -4.70. The number of benzene rings is 2. The van der Waals surface area contributed by atoms with E-state index < -0.39 is 29.3 Å². The first-order chi connectivity index (χ1) is 16.6. The fourth-order valence-corrected chi connectivity index (χ4v) is 3.42. The first kappa shape index (κ1) is 26.2. The maximum atomic E-state index is 13.0. The van der Waals surface area contributed by atoms with E-state index in [0.29, 0.717) is 42.8 Å². The summed E-state index contributed by atoms with van der Waals surface area (Å²) in [4.78, 5) is 12.3. The van der Waals surface area contributed by atoms with Gasteiger partial charge in [-0.05, 0) is 62.7 Å². The van der Waals surface area contributed by atoms with Crippen LogP contribution in [0, 0.1) is 6.92 Å². The summed E-state index contributed by atoms with van der Waals surface area (Å²) in [5.41, 5.74) is 0.182. The molecule has 0 radical (unpaired) electrons. The van der Waals surface area contributed by atoms with E-state index in [1.165, 1.54) is 6.92 Å². The lowest BCUT2D eigenvalue weighted by Crippen LogP contribution is -2.20. The van der Waals surface area contributed by atoms with Gasteiger partial charge in [-0.25, -0.2) is 0 Å². The summed E-state index contributed by atoms with van der Waals surface area (Å²) >= 11 is 5.72. The summed E-state index contributed by atoms with van der Waals surface area (Å²) in [6, 6.07) is 12.2. The maximum absolute atomic E-state index is 13.0. The van der Waals surface area contributed by atoms with Crippen LogP contribution < -0.4 is 19.5 Å². The Morgan fingerprint density at radius 1 is 1.03 bits per heavy atom. The molecule has 0 bridgehead atoms. The van der Waals surface area contributed by atoms with E-state index >= 15 is 0 Å². The molecule has 11 heteroatoms. The molecule has 1 N–H and O–H groups in total. The van der Waals surface area contributed by atoms with E-state index in [2.05, 4.69) is 10.4 Å². The highest BCUT2D eigenvalue weighted by atomic mass is 35.5. The number of hydrogen-bond donors (Lipinski definition) is 1. The smallest absolute Gasteiger partial charge is 0.436 e. The fraction of sp³-hybridized carbons (Fsp3) is 0.333. The van der Waals surface area contributed by atoms with Crippen LogP contribution in [0.2, 0.25) is 5.02 Å². The number of alkyl halides is 3. The van der Waals surface area contributed by atoms with Crippen molar-refractivity contribution in [1.82, 2.24) is 9.78 Å². The van der Waals surface area contributed by atoms with E-state index in [4.69, 9.17) is 25.8 Å². The van der Waals surface area contributed by atoms with Crippen LogP contribution in [0.25, 0.3) is 0 Å². The van der Waals surface area contributed by atoms with Gasteiger partial charge in [0.05, 0.1) is 23.9 Å². The summed E-state index contributed by atoms with van der Waals surface area (Å²) < 4.78 is 56.8. The molecule has 0 unspecified atom stereocenters. The standard InChI is InChI=1S/C24H25ClF3N3O4/c1-4-33-19-11-6-16(12-20(19)34-5-2)14-35-18-9-7-17(8-10-18)29-21(32)13-31-15(3)22(25)23(30-31)24(26,27)28/h6-12H,4-5,13-14H2,1-3H3,(H,29,32). The maximum Gasteiger partial charge on any atom is 0.436 e. The van der Waals surface area contributed by atoms with Gasteiger partial charge in [0.1, 0.15) is 18.9 Å². The van der Waals surface area contributed by atoms with E-state index in [0.717, 1.165) is 10.2 Å². The number of rotatable bonds is 10. The Morgan fingerprint density at radius 3 is 2.29 bits per heavy atom. The molecule has 1 aromatic heterocycles. The molecular formula is C24H25ClF3N3O4. The molecular weight excluding hydrogens is 487 g/mol. The number of hydrogen-bond acceptors (Lipinski definition) is 5. The quantitative estimate of drug-likeness (QED) is 0.368. The molecule has 0 saturated heterocycles. The number of nitrogens with zero attached hydrogens (tertiary/aromatic N) is 2. The number of nitrogens with one attached hydrogen (secondary N) is 1. The molecule has 1 amide bonds. The second-order valence-electron chi connectivity index (χ2n) is 7.41. The molecule has 3 aromatic rings. The Bertz CT molecular complexity index is 1160. The molecule has 0 aliphatic heterocycles. The molecule has 188 valence electrons. The molecule has 3 rings (SSSR count). The molecule has 0 aliphatic rings. The van der Waals surface area contributed by atoms with Gasteiger partial charge in [0.25, 0.3) is 0 Å². The summed E-state index contributed by atoms with van der Waals surface area (Å²) in [5, 5.41) is 5.52. The third-order valence-electron chi connectivity index (χ3n) is 4.85.